The summed E-state index contributed by atoms with van der Waals surface area (Å²) in [4.78, 5) is 6.19. The van der Waals surface area contributed by atoms with Crippen molar-refractivity contribution in [2.45, 2.75) is 51.0 Å². The second-order valence-corrected chi connectivity index (χ2v) is 7.39. The van der Waals surface area contributed by atoms with Crippen molar-refractivity contribution in [3.8, 4) is 0 Å². The molecule has 0 amide bonds. The van der Waals surface area contributed by atoms with Crippen LogP contribution in [0, 0.1) is 0 Å². The van der Waals surface area contributed by atoms with Crippen LogP contribution < -0.4 is 5.73 Å². The molecule has 0 aliphatic heterocycles. The van der Waals surface area contributed by atoms with E-state index in [0.717, 1.165) is 12.8 Å². The number of nitrogens with two attached hydrogens (primary N) is 1. The maximum atomic E-state index is 6.31. The molecule has 1 aliphatic carbocycles. The molecule has 2 aromatic rings. The summed E-state index contributed by atoms with van der Waals surface area (Å²) in [6.07, 6.45) is 4.64. The number of hydrogen-bond donors (Lipinski definition) is 1. The Labute approximate surface area is 125 Å². The van der Waals surface area contributed by atoms with E-state index in [-0.39, 0.29) is 5.54 Å². The summed E-state index contributed by atoms with van der Waals surface area (Å²) >= 11 is 1.82. The lowest BCUT2D eigenvalue weighted by Crippen LogP contribution is -2.28. The number of hydrogen-bond acceptors (Lipinski definition) is 3. The third kappa shape index (κ3) is 3.10. The van der Waals surface area contributed by atoms with Crippen LogP contribution in [0.2, 0.25) is 0 Å². The predicted octanol–water partition coefficient (Wildman–Crippen LogP) is 4.00. The molecule has 20 heavy (non-hydrogen) atoms. The first-order valence-electron chi connectivity index (χ1n) is 7.37. The van der Waals surface area contributed by atoms with E-state index in [4.69, 9.17) is 10.7 Å². The minimum atomic E-state index is -0.263. The minimum Gasteiger partial charge on any atom is -0.321 e. The smallest absolute Gasteiger partial charge is 0.0935 e. The normalized spacial score (nSPS) is 15.6. The van der Waals surface area contributed by atoms with Crippen LogP contribution in [0.5, 0.6) is 0 Å². The zero-order valence-corrected chi connectivity index (χ0v) is 13.0. The summed E-state index contributed by atoms with van der Waals surface area (Å²) in [5.74, 6) is 0.676. The zero-order valence-electron chi connectivity index (χ0n) is 12.2. The first kappa shape index (κ1) is 13.8. The van der Waals surface area contributed by atoms with E-state index in [1.807, 2.05) is 11.3 Å². The summed E-state index contributed by atoms with van der Waals surface area (Å²) < 4.78 is 0. The van der Waals surface area contributed by atoms with Crippen LogP contribution in [-0.2, 0) is 18.4 Å². The van der Waals surface area contributed by atoms with Gasteiger partial charge in [-0.05, 0) is 38.7 Å². The Kier molecular flexibility index (Phi) is 3.65. The van der Waals surface area contributed by atoms with Gasteiger partial charge in [-0.25, -0.2) is 4.98 Å². The SMILES string of the molecule is CC(C)(N)c1sc(CCc2ccccc2)nc1C1CC1. The Morgan fingerprint density at radius 3 is 2.50 bits per heavy atom. The van der Waals surface area contributed by atoms with E-state index in [9.17, 15) is 0 Å². The molecule has 0 saturated heterocycles. The highest BCUT2D eigenvalue weighted by molar-refractivity contribution is 7.11. The predicted molar refractivity (Wildman–Crippen MR) is 85.2 cm³/mol. The molecule has 1 heterocycles. The number of nitrogens with zero attached hydrogens (tertiary/aromatic N) is 1. The fourth-order valence-electron chi connectivity index (χ4n) is 2.48. The van der Waals surface area contributed by atoms with Crippen molar-refractivity contribution in [2.75, 3.05) is 0 Å². The summed E-state index contributed by atoms with van der Waals surface area (Å²) in [6.45, 7) is 4.18. The van der Waals surface area contributed by atoms with Crippen LogP contribution in [0.3, 0.4) is 0 Å². The average Bonchev–Trinajstić information content (AvgIpc) is 3.16. The highest BCUT2D eigenvalue weighted by atomic mass is 32.1. The Morgan fingerprint density at radius 2 is 1.90 bits per heavy atom. The molecule has 106 valence electrons. The van der Waals surface area contributed by atoms with Crippen molar-refractivity contribution in [3.63, 3.8) is 0 Å². The van der Waals surface area contributed by atoms with Gasteiger partial charge in [0.1, 0.15) is 0 Å². The molecule has 1 aliphatic rings. The molecule has 1 saturated carbocycles. The van der Waals surface area contributed by atoms with Crippen LogP contribution in [0.25, 0.3) is 0 Å². The minimum absolute atomic E-state index is 0.263. The Hall–Kier alpha value is -1.19. The topological polar surface area (TPSA) is 38.9 Å². The number of benzene rings is 1. The molecule has 2 N–H and O–H groups in total. The standard InChI is InChI=1S/C17H22N2S/c1-17(2,18)16-15(13-9-10-13)19-14(20-16)11-8-12-6-4-3-5-7-12/h3-7,13H,8-11,18H2,1-2H3. The van der Waals surface area contributed by atoms with Gasteiger partial charge in [-0.3, -0.25) is 0 Å². The molecule has 2 nitrogen and oxygen atoms in total. The lowest BCUT2D eigenvalue weighted by atomic mass is 10.0. The quantitative estimate of drug-likeness (QED) is 0.902. The molecule has 0 bridgehead atoms. The molecule has 0 spiro atoms. The second-order valence-electron chi connectivity index (χ2n) is 6.30. The van der Waals surface area contributed by atoms with Crippen LogP contribution >= 0.6 is 11.3 Å². The first-order chi connectivity index (χ1) is 9.54. The maximum absolute atomic E-state index is 6.31. The van der Waals surface area contributed by atoms with E-state index in [0.29, 0.717) is 5.92 Å². The van der Waals surface area contributed by atoms with Gasteiger partial charge in [-0.1, -0.05) is 30.3 Å². The van der Waals surface area contributed by atoms with Crippen LogP contribution in [0.4, 0.5) is 0 Å². The van der Waals surface area contributed by atoms with E-state index in [1.165, 1.54) is 34.0 Å². The summed E-state index contributed by atoms with van der Waals surface area (Å²) in [7, 11) is 0. The Bertz CT molecular complexity index is 577. The van der Waals surface area contributed by atoms with Crippen molar-refractivity contribution in [2.24, 2.45) is 5.73 Å². The monoisotopic (exact) mass is 286 g/mol. The number of aryl methyl sites for hydroxylation is 2. The molecular formula is C17H22N2S. The lowest BCUT2D eigenvalue weighted by Gasteiger charge is -2.17. The molecule has 3 heteroatoms. The molecule has 3 rings (SSSR count). The van der Waals surface area contributed by atoms with E-state index >= 15 is 0 Å². The average molecular weight is 286 g/mol. The molecule has 0 radical (unpaired) electrons. The fourth-order valence-corrected chi connectivity index (χ4v) is 3.64. The van der Waals surface area contributed by atoms with Crippen molar-refractivity contribution in [1.82, 2.24) is 4.98 Å². The number of thiazole rings is 1. The van der Waals surface area contributed by atoms with Gasteiger partial charge in [0.05, 0.1) is 10.7 Å². The first-order valence-corrected chi connectivity index (χ1v) is 8.18. The van der Waals surface area contributed by atoms with Crippen LogP contribution in [0.15, 0.2) is 30.3 Å². The third-order valence-corrected chi connectivity index (χ3v) is 5.19. The number of aromatic nitrogens is 1. The second kappa shape index (κ2) is 5.30. The van der Waals surface area contributed by atoms with E-state index in [1.54, 1.807) is 0 Å². The summed E-state index contributed by atoms with van der Waals surface area (Å²) in [5, 5.41) is 1.24. The molecule has 0 atom stereocenters. The summed E-state index contributed by atoms with van der Waals surface area (Å²) in [5.41, 5.74) is 8.71. The molecular weight excluding hydrogens is 264 g/mol. The van der Waals surface area contributed by atoms with Crippen molar-refractivity contribution in [1.29, 1.82) is 0 Å². The fraction of sp³-hybridized carbons (Fsp3) is 0.471. The van der Waals surface area contributed by atoms with Gasteiger partial charge in [0.2, 0.25) is 0 Å². The molecule has 1 aromatic carbocycles. The summed E-state index contributed by atoms with van der Waals surface area (Å²) in [6, 6.07) is 10.6. The van der Waals surface area contributed by atoms with Crippen molar-refractivity contribution >= 4 is 11.3 Å². The largest absolute Gasteiger partial charge is 0.321 e. The Balaban J connectivity index is 1.77. The van der Waals surface area contributed by atoms with Gasteiger partial charge in [0.25, 0.3) is 0 Å². The van der Waals surface area contributed by atoms with Gasteiger partial charge >= 0.3 is 0 Å². The highest BCUT2D eigenvalue weighted by Crippen LogP contribution is 2.45. The third-order valence-electron chi connectivity index (χ3n) is 3.72. The van der Waals surface area contributed by atoms with Crippen LogP contribution in [0.1, 0.15) is 53.7 Å². The molecule has 0 unspecified atom stereocenters. The van der Waals surface area contributed by atoms with Crippen molar-refractivity contribution in [3.05, 3.63) is 51.5 Å². The maximum Gasteiger partial charge on any atom is 0.0935 e. The van der Waals surface area contributed by atoms with Gasteiger partial charge in [-0.15, -0.1) is 11.3 Å². The van der Waals surface area contributed by atoms with Gasteiger partial charge < -0.3 is 5.73 Å². The van der Waals surface area contributed by atoms with E-state index < -0.39 is 0 Å². The molecule has 1 aromatic heterocycles. The number of rotatable bonds is 5. The van der Waals surface area contributed by atoms with Crippen molar-refractivity contribution < 1.29 is 0 Å². The Morgan fingerprint density at radius 1 is 1.20 bits per heavy atom. The van der Waals surface area contributed by atoms with Gasteiger partial charge in [0.15, 0.2) is 0 Å². The van der Waals surface area contributed by atoms with Gasteiger partial charge in [-0.2, -0.15) is 0 Å². The van der Waals surface area contributed by atoms with E-state index in [2.05, 4.69) is 44.2 Å². The lowest BCUT2D eigenvalue weighted by molar-refractivity contribution is 0.558. The zero-order chi connectivity index (χ0) is 14.2. The highest BCUT2D eigenvalue weighted by Gasteiger charge is 2.33. The molecule has 1 fully saturated rings. The van der Waals surface area contributed by atoms with Gasteiger partial charge in [0, 0.05) is 22.8 Å². The van der Waals surface area contributed by atoms with Crippen LogP contribution in [-0.4, -0.2) is 4.98 Å².